The van der Waals surface area contributed by atoms with Gasteiger partial charge in [0, 0.05) is 18.7 Å². The van der Waals surface area contributed by atoms with E-state index in [0.29, 0.717) is 36.9 Å². The Bertz CT molecular complexity index is 960. The summed E-state index contributed by atoms with van der Waals surface area (Å²) in [5.74, 6) is -1.36. The summed E-state index contributed by atoms with van der Waals surface area (Å²) in [6.07, 6.45) is 2.00. The monoisotopic (exact) mass is 422 g/mol. The second kappa shape index (κ2) is 10.0. The number of carbonyl (C=O) groups excluding carboxylic acids is 4. The van der Waals surface area contributed by atoms with Crippen molar-refractivity contribution in [2.24, 2.45) is 0 Å². The van der Waals surface area contributed by atoms with E-state index in [1.165, 1.54) is 4.90 Å². The van der Waals surface area contributed by atoms with E-state index in [1.54, 1.807) is 24.3 Å². The number of nitrogens with one attached hydrogen (secondary N) is 1. The summed E-state index contributed by atoms with van der Waals surface area (Å²) in [6.45, 7) is 3.79. The second-order valence-electron chi connectivity index (χ2n) is 7.59. The molecule has 1 aliphatic rings. The van der Waals surface area contributed by atoms with Crippen LogP contribution in [0.4, 0.5) is 5.69 Å². The van der Waals surface area contributed by atoms with Crippen LogP contribution in [0.5, 0.6) is 0 Å². The van der Waals surface area contributed by atoms with Crippen LogP contribution in [0.1, 0.15) is 57.5 Å². The summed E-state index contributed by atoms with van der Waals surface area (Å²) < 4.78 is 5.04. The number of benzene rings is 2. The van der Waals surface area contributed by atoms with E-state index in [2.05, 4.69) is 5.32 Å². The highest BCUT2D eigenvalue weighted by Crippen LogP contribution is 2.23. The fourth-order valence-electron chi connectivity index (χ4n) is 3.56. The number of imide groups is 1. The minimum Gasteiger partial charge on any atom is -0.456 e. The van der Waals surface area contributed by atoms with E-state index in [9.17, 15) is 19.2 Å². The maximum atomic E-state index is 12.3. The standard InChI is InChI=1S/C24H26N2O5/c1-16-9-8-10-17(2)22(16)25-20(27)15-31-21(28)13-4-3-7-14-26-23(29)18-11-5-6-12-19(18)24(26)30/h5-6,8-12H,3-4,7,13-15H2,1-2H3,(H,25,27). The molecule has 3 rings (SSSR count). The van der Waals surface area contributed by atoms with E-state index < -0.39 is 5.97 Å². The molecule has 1 aliphatic heterocycles. The van der Waals surface area contributed by atoms with Gasteiger partial charge in [-0.25, -0.2) is 0 Å². The first-order chi connectivity index (χ1) is 14.9. The van der Waals surface area contributed by atoms with E-state index >= 15 is 0 Å². The quantitative estimate of drug-likeness (QED) is 0.378. The van der Waals surface area contributed by atoms with Gasteiger partial charge in [-0.1, -0.05) is 36.8 Å². The highest BCUT2D eigenvalue weighted by Gasteiger charge is 2.34. The number of fused-ring (bicyclic) bond motifs is 1. The summed E-state index contributed by atoms with van der Waals surface area (Å²) in [7, 11) is 0. The van der Waals surface area contributed by atoms with Crippen LogP contribution in [0.3, 0.4) is 0 Å². The fraction of sp³-hybridized carbons (Fsp3) is 0.333. The van der Waals surface area contributed by atoms with Gasteiger partial charge in [0.25, 0.3) is 17.7 Å². The van der Waals surface area contributed by atoms with Crippen LogP contribution in [0.15, 0.2) is 42.5 Å². The molecule has 0 atom stereocenters. The molecular formula is C24H26N2O5. The third kappa shape index (κ3) is 5.36. The number of esters is 1. The summed E-state index contributed by atoms with van der Waals surface area (Å²) in [5.41, 5.74) is 3.50. The Kier molecular flexibility index (Phi) is 7.18. The first-order valence-corrected chi connectivity index (χ1v) is 10.4. The average molecular weight is 422 g/mol. The normalized spacial score (nSPS) is 12.6. The second-order valence-corrected chi connectivity index (χ2v) is 7.59. The van der Waals surface area contributed by atoms with Crippen LogP contribution in [0.2, 0.25) is 0 Å². The Balaban J connectivity index is 1.33. The zero-order valence-corrected chi connectivity index (χ0v) is 17.8. The molecule has 0 aromatic heterocycles. The number of hydrogen-bond acceptors (Lipinski definition) is 5. The summed E-state index contributed by atoms with van der Waals surface area (Å²) >= 11 is 0. The van der Waals surface area contributed by atoms with Crippen LogP contribution in [-0.4, -0.2) is 41.7 Å². The third-order valence-corrected chi connectivity index (χ3v) is 5.25. The van der Waals surface area contributed by atoms with Crippen LogP contribution in [0, 0.1) is 13.8 Å². The van der Waals surface area contributed by atoms with Gasteiger partial charge in [-0.2, -0.15) is 0 Å². The Labute approximate surface area is 181 Å². The highest BCUT2D eigenvalue weighted by atomic mass is 16.5. The van der Waals surface area contributed by atoms with Crippen molar-refractivity contribution in [3.05, 3.63) is 64.7 Å². The van der Waals surface area contributed by atoms with Crippen molar-refractivity contribution >= 4 is 29.4 Å². The van der Waals surface area contributed by atoms with Gasteiger partial charge in [-0.15, -0.1) is 0 Å². The average Bonchev–Trinajstić information content (AvgIpc) is 2.99. The summed E-state index contributed by atoms with van der Waals surface area (Å²) in [6, 6.07) is 12.5. The SMILES string of the molecule is Cc1cccc(C)c1NC(=O)COC(=O)CCCCCN1C(=O)c2ccccc2C1=O. The molecule has 0 aliphatic carbocycles. The molecule has 31 heavy (non-hydrogen) atoms. The van der Waals surface area contributed by atoms with E-state index in [1.807, 2.05) is 32.0 Å². The predicted octanol–water partition coefficient (Wildman–Crippen LogP) is 3.64. The lowest BCUT2D eigenvalue weighted by Crippen LogP contribution is -2.30. The van der Waals surface area contributed by atoms with E-state index in [4.69, 9.17) is 4.74 Å². The van der Waals surface area contributed by atoms with Crippen molar-refractivity contribution in [2.45, 2.75) is 39.5 Å². The van der Waals surface area contributed by atoms with Gasteiger partial charge in [-0.3, -0.25) is 24.1 Å². The number of carbonyl (C=O) groups is 4. The fourth-order valence-corrected chi connectivity index (χ4v) is 3.56. The van der Waals surface area contributed by atoms with Gasteiger partial charge < -0.3 is 10.1 Å². The van der Waals surface area contributed by atoms with Gasteiger partial charge >= 0.3 is 5.97 Å². The van der Waals surface area contributed by atoms with Crippen LogP contribution >= 0.6 is 0 Å². The first kappa shape index (κ1) is 22.2. The van der Waals surface area contributed by atoms with Crippen molar-refractivity contribution in [3.63, 3.8) is 0 Å². The van der Waals surface area contributed by atoms with Crippen molar-refractivity contribution in [1.29, 1.82) is 0 Å². The molecule has 2 aromatic carbocycles. The number of nitrogens with zero attached hydrogens (tertiary/aromatic N) is 1. The first-order valence-electron chi connectivity index (χ1n) is 10.4. The smallest absolute Gasteiger partial charge is 0.306 e. The number of aryl methyl sites for hydroxylation is 2. The molecule has 0 unspecified atom stereocenters. The van der Waals surface area contributed by atoms with Gasteiger partial charge in [0.05, 0.1) is 11.1 Å². The zero-order valence-electron chi connectivity index (χ0n) is 17.8. The molecule has 3 amide bonds. The lowest BCUT2D eigenvalue weighted by molar-refractivity contribution is -0.147. The van der Waals surface area contributed by atoms with E-state index in [0.717, 1.165) is 16.8 Å². The highest BCUT2D eigenvalue weighted by molar-refractivity contribution is 6.21. The Hall–Kier alpha value is -3.48. The maximum Gasteiger partial charge on any atom is 0.306 e. The molecule has 2 aromatic rings. The van der Waals surface area contributed by atoms with Gasteiger partial charge in [0.2, 0.25) is 0 Å². The molecule has 162 valence electrons. The van der Waals surface area contributed by atoms with Crippen molar-refractivity contribution in [1.82, 2.24) is 4.90 Å². The Morgan fingerprint density at radius 1 is 0.871 bits per heavy atom. The predicted molar refractivity (Wildman–Crippen MR) is 116 cm³/mol. The summed E-state index contributed by atoms with van der Waals surface area (Å²) in [4.78, 5) is 49.8. The number of unbranched alkanes of at least 4 members (excludes halogenated alkanes) is 2. The van der Waals surface area contributed by atoms with Crippen molar-refractivity contribution in [2.75, 3.05) is 18.5 Å². The lowest BCUT2D eigenvalue weighted by Gasteiger charge is -2.13. The number of rotatable bonds is 9. The molecule has 0 radical (unpaired) electrons. The van der Waals surface area contributed by atoms with Gasteiger partial charge in [-0.05, 0) is 49.9 Å². The lowest BCUT2D eigenvalue weighted by atomic mass is 10.1. The number of hydrogen-bond donors (Lipinski definition) is 1. The topological polar surface area (TPSA) is 92.8 Å². The van der Waals surface area contributed by atoms with Crippen molar-refractivity contribution < 1.29 is 23.9 Å². The number of para-hydroxylation sites is 1. The number of anilines is 1. The molecule has 7 heteroatoms. The maximum absolute atomic E-state index is 12.3. The molecule has 0 fully saturated rings. The molecule has 0 bridgehead atoms. The molecular weight excluding hydrogens is 396 g/mol. The number of amides is 3. The summed E-state index contributed by atoms with van der Waals surface area (Å²) in [5, 5.41) is 2.77. The Morgan fingerprint density at radius 2 is 1.48 bits per heavy atom. The molecule has 0 spiro atoms. The minimum atomic E-state index is -0.447. The Morgan fingerprint density at radius 3 is 2.10 bits per heavy atom. The molecule has 0 saturated carbocycles. The van der Waals surface area contributed by atoms with Gasteiger partial charge in [0.1, 0.15) is 0 Å². The zero-order chi connectivity index (χ0) is 22.4. The molecule has 0 saturated heterocycles. The van der Waals surface area contributed by atoms with Crippen molar-refractivity contribution in [3.8, 4) is 0 Å². The molecule has 7 nitrogen and oxygen atoms in total. The third-order valence-electron chi connectivity index (χ3n) is 5.25. The molecule has 1 heterocycles. The van der Waals surface area contributed by atoms with Crippen LogP contribution < -0.4 is 5.32 Å². The van der Waals surface area contributed by atoms with Crippen LogP contribution in [0.25, 0.3) is 0 Å². The number of ether oxygens (including phenoxy) is 1. The van der Waals surface area contributed by atoms with Crippen LogP contribution in [-0.2, 0) is 14.3 Å². The van der Waals surface area contributed by atoms with E-state index in [-0.39, 0.29) is 30.7 Å². The van der Waals surface area contributed by atoms with Gasteiger partial charge in [0.15, 0.2) is 6.61 Å². The minimum absolute atomic E-state index is 0.179. The molecule has 1 N–H and O–H groups in total. The largest absolute Gasteiger partial charge is 0.456 e.